The Morgan fingerprint density at radius 3 is 1.84 bits per heavy atom. The molecule has 3 rings (SSSR count). The minimum atomic E-state index is -0.335. The molecule has 1 heterocycles. The fourth-order valence-electron chi connectivity index (χ4n) is 2.97. The van der Waals surface area contributed by atoms with Crippen LogP contribution in [0.4, 0.5) is 0 Å². The van der Waals surface area contributed by atoms with Gasteiger partial charge >= 0.3 is 7.12 Å². The SMILES string of the molecule is Cc1cc(B2OC(C)(C)C(C)(C)O2)cc(C)c1C#Cc1ccccc1. The Labute approximate surface area is 151 Å². The first kappa shape index (κ1) is 17.8. The Bertz CT molecular complexity index is 802. The largest absolute Gasteiger partial charge is 0.494 e. The molecule has 1 aliphatic rings. The zero-order valence-corrected chi connectivity index (χ0v) is 15.9. The van der Waals surface area contributed by atoms with Crippen molar-refractivity contribution in [1.82, 2.24) is 0 Å². The van der Waals surface area contributed by atoms with Gasteiger partial charge in [-0.3, -0.25) is 0 Å². The highest BCUT2D eigenvalue weighted by atomic mass is 16.7. The van der Waals surface area contributed by atoms with Crippen molar-refractivity contribution in [3.63, 3.8) is 0 Å². The molecule has 2 nitrogen and oxygen atoms in total. The van der Waals surface area contributed by atoms with E-state index in [0.717, 1.165) is 27.7 Å². The summed E-state index contributed by atoms with van der Waals surface area (Å²) in [6, 6.07) is 14.3. The maximum absolute atomic E-state index is 6.17. The smallest absolute Gasteiger partial charge is 0.399 e. The van der Waals surface area contributed by atoms with E-state index in [2.05, 4.69) is 65.5 Å². The van der Waals surface area contributed by atoms with Gasteiger partial charge in [0.05, 0.1) is 11.2 Å². The molecule has 2 aromatic carbocycles. The maximum atomic E-state index is 6.17. The lowest BCUT2D eigenvalue weighted by Crippen LogP contribution is -2.41. The Balaban J connectivity index is 1.91. The van der Waals surface area contributed by atoms with Crippen LogP contribution in [0.3, 0.4) is 0 Å². The predicted octanol–water partition coefficient (Wildman–Crippen LogP) is 4.00. The second kappa shape index (κ2) is 6.37. The molecule has 0 spiro atoms. The molecule has 1 fully saturated rings. The maximum Gasteiger partial charge on any atom is 0.494 e. The summed E-state index contributed by atoms with van der Waals surface area (Å²) in [5, 5.41) is 0. The first-order chi connectivity index (χ1) is 11.7. The van der Waals surface area contributed by atoms with Crippen LogP contribution in [0.2, 0.25) is 0 Å². The Morgan fingerprint density at radius 1 is 0.800 bits per heavy atom. The zero-order valence-electron chi connectivity index (χ0n) is 15.9. The number of rotatable bonds is 1. The standard InChI is InChI=1S/C22H25BO2/c1-16-14-19(23-24-21(3,4)22(5,6)25-23)15-17(2)20(16)13-12-18-10-8-7-9-11-18/h7-11,14-15H,1-6H3. The van der Waals surface area contributed by atoms with Crippen molar-refractivity contribution in [1.29, 1.82) is 0 Å². The molecule has 0 unspecified atom stereocenters. The molecule has 0 radical (unpaired) electrons. The molecule has 1 saturated heterocycles. The van der Waals surface area contributed by atoms with Gasteiger partial charge in [-0.05, 0) is 70.3 Å². The van der Waals surface area contributed by atoms with Gasteiger partial charge in [-0.2, -0.15) is 0 Å². The van der Waals surface area contributed by atoms with Gasteiger partial charge < -0.3 is 9.31 Å². The van der Waals surface area contributed by atoms with Crippen molar-refractivity contribution in [2.24, 2.45) is 0 Å². The molecule has 128 valence electrons. The lowest BCUT2D eigenvalue weighted by molar-refractivity contribution is 0.00578. The number of benzene rings is 2. The summed E-state index contributed by atoms with van der Waals surface area (Å²) in [6.07, 6.45) is 0. The van der Waals surface area contributed by atoms with Gasteiger partial charge in [-0.1, -0.05) is 42.2 Å². The van der Waals surface area contributed by atoms with E-state index in [0.29, 0.717) is 0 Å². The number of aryl methyl sites for hydroxylation is 2. The van der Waals surface area contributed by atoms with Gasteiger partial charge in [-0.15, -0.1) is 0 Å². The molecular formula is C22H25BO2. The van der Waals surface area contributed by atoms with E-state index < -0.39 is 0 Å². The summed E-state index contributed by atoms with van der Waals surface area (Å²) in [4.78, 5) is 0. The highest BCUT2D eigenvalue weighted by molar-refractivity contribution is 6.62. The predicted molar refractivity (Wildman–Crippen MR) is 104 cm³/mol. The van der Waals surface area contributed by atoms with Crippen LogP contribution < -0.4 is 5.46 Å². The second-order valence-electron chi connectivity index (χ2n) is 7.73. The minimum Gasteiger partial charge on any atom is -0.399 e. The van der Waals surface area contributed by atoms with Crippen LogP contribution in [0.5, 0.6) is 0 Å². The summed E-state index contributed by atoms with van der Waals surface area (Å²) >= 11 is 0. The summed E-state index contributed by atoms with van der Waals surface area (Å²) in [7, 11) is -0.335. The normalized spacial score (nSPS) is 17.9. The van der Waals surface area contributed by atoms with E-state index in [1.165, 1.54) is 0 Å². The third-order valence-corrected chi connectivity index (χ3v) is 5.19. The molecular weight excluding hydrogens is 307 g/mol. The fraction of sp³-hybridized carbons (Fsp3) is 0.364. The minimum absolute atomic E-state index is 0.328. The van der Waals surface area contributed by atoms with Crippen LogP contribution in [0, 0.1) is 25.7 Å². The monoisotopic (exact) mass is 332 g/mol. The summed E-state index contributed by atoms with van der Waals surface area (Å²) in [6.45, 7) is 12.5. The van der Waals surface area contributed by atoms with Gasteiger partial charge in [0.15, 0.2) is 0 Å². The topological polar surface area (TPSA) is 18.5 Å². The van der Waals surface area contributed by atoms with Crippen LogP contribution in [0.15, 0.2) is 42.5 Å². The van der Waals surface area contributed by atoms with E-state index >= 15 is 0 Å². The Kier molecular flexibility index (Phi) is 4.53. The van der Waals surface area contributed by atoms with E-state index in [1.54, 1.807) is 0 Å². The molecule has 0 amide bonds. The number of hydrogen-bond donors (Lipinski definition) is 0. The first-order valence-electron chi connectivity index (χ1n) is 8.73. The Hall–Kier alpha value is -2.02. The zero-order chi connectivity index (χ0) is 18.2. The van der Waals surface area contributed by atoms with E-state index in [1.807, 2.05) is 30.3 Å². The molecule has 0 N–H and O–H groups in total. The second-order valence-corrected chi connectivity index (χ2v) is 7.73. The molecule has 0 bridgehead atoms. The fourth-order valence-corrected chi connectivity index (χ4v) is 2.97. The molecule has 0 aromatic heterocycles. The quantitative estimate of drug-likeness (QED) is 0.580. The molecule has 25 heavy (non-hydrogen) atoms. The van der Waals surface area contributed by atoms with Crippen molar-refractivity contribution in [3.05, 3.63) is 64.7 Å². The van der Waals surface area contributed by atoms with Crippen molar-refractivity contribution in [2.45, 2.75) is 52.7 Å². The van der Waals surface area contributed by atoms with Crippen molar-refractivity contribution < 1.29 is 9.31 Å². The van der Waals surface area contributed by atoms with Crippen LogP contribution in [-0.2, 0) is 9.31 Å². The van der Waals surface area contributed by atoms with Crippen LogP contribution in [-0.4, -0.2) is 18.3 Å². The average molecular weight is 332 g/mol. The van der Waals surface area contributed by atoms with Crippen LogP contribution >= 0.6 is 0 Å². The first-order valence-corrected chi connectivity index (χ1v) is 8.73. The molecule has 0 saturated carbocycles. The lowest BCUT2D eigenvalue weighted by Gasteiger charge is -2.32. The van der Waals surface area contributed by atoms with Gasteiger partial charge in [0.25, 0.3) is 0 Å². The van der Waals surface area contributed by atoms with Crippen LogP contribution in [0.1, 0.15) is 49.9 Å². The van der Waals surface area contributed by atoms with Gasteiger partial charge in [0, 0.05) is 11.1 Å². The van der Waals surface area contributed by atoms with Crippen molar-refractivity contribution >= 4 is 12.6 Å². The average Bonchev–Trinajstić information content (AvgIpc) is 2.75. The number of hydrogen-bond acceptors (Lipinski definition) is 2. The lowest BCUT2D eigenvalue weighted by atomic mass is 9.76. The van der Waals surface area contributed by atoms with Crippen molar-refractivity contribution in [3.8, 4) is 11.8 Å². The molecule has 3 heteroatoms. The molecule has 0 aliphatic carbocycles. The third-order valence-electron chi connectivity index (χ3n) is 5.19. The van der Waals surface area contributed by atoms with E-state index in [9.17, 15) is 0 Å². The highest BCUT2D eigenvalue weighted by Crippen LogP contribution is 2.36. The van der Waals surface area contributed by atoms with Gasteiger partial charge in [0.1, 0.15) is 0 Å². The van der Waals surface area contributed by atoms with E-state index in [4.69, 9.17) is 9.31 Å². The molecule has 0 atom stereocenters. The van der Waals surface area contributed by atoms with Gasteiger partial charge in [-0.25, -0.2) is 0 Å². The highest BCUT2D eigenvalue weighted by Gasteiger charge is 2.51. The Morgan fingerprint density at radius 2 is 1.32 bits per heavy atom. The summed E-state index contributed by atoms with van der Waals surface area (Å²) in [5.41, 5.74) is 4.79. The molecule has 2 aromatic rings. The van der Waals surface area contributed by atoms with Crippen LogP contribution in [0.25, 0.3) is 0 Å². The van der Waals surface area contributed by atoms with E-state index in [-0.39, 0.29) is 18.3 Å². The summed E-state index contributed by atoms with van der Waals surface area (Å²) in [5.74, 6) is 6.56. The third kappa shape index (κ3) is 3.51. The summed E-state index contributed by atoms with van der Waals surface area (Å²) < 4.78 is 12.3. The van der Waals surface area contributed by atoms with Crippen molar-refractivity contribution in [2.75, 3.05) is 0 Å². The molecule has 1 aliphatic heterocycles. The van der Waals surface area contributed by atoms with Gasteiger partial charge in [0.2, 0.25) is 0 Å².